The van der Waals surface area contributed by atoms with Gasteiger partial charge in [0.05, 0.1) is 11.4 Å². The Balaban J connectivity index is 1.79. The van der Waals surface area contributed by atoms with Crippen LogP contribution in [0.3, 0.4) is 0 Å². The fourth-order valence-corrected chi connectivity index (χ4v) is 4.05. The Kier molecular flexibility index (Phi) is 3.99. The van der Waals surface area contributed by atoms with Crippen LogP contribution in [0.2, 0.25) is 0 Å². The second-order valence-corrected chi connectivity index (χ2v) is 7.93. The summed E-state index contributed by atoms with van der Waals surface area (Å²) < 4.78 is 31.9. The first kappa shape index (κ1) is 14.5. The lowest BCUT2D eigenvalue weighted by Crippen LogP contribution is -2.16. The van der Waals surface area contributed by atoms with Crippen LogP contribution in [0.1, 0.15) is 44.3 Å². The third kappa shape index (κ3) is 3.44. The van der Waals surface area contributed by atoms with Gasteiger partial charge in [0.15, 0.2) is 5.82 Å². The lowest BCUT2D eigenvalue weighted by atomic mass is 10.4. The molecule has 0 unspecified atom stereocenters. The molecule has 0 saturated heterocycles. The molecule has 1 aliphatic rings. The smallest absolute Gasteiger partial charge is 0.270 e. The van der Waals surface area contributed by atoms with Gasteiger partial charge in [0, 0.05) is 5.92 Å². The summed E-state index contributed by atoms with van der Waals surface area (Å²) in [5, 5.41) is 5.78. The molecule has 0 bridgehead atoms. The first-order valence-corrected chi connectivity index (χ1v) is 9.54. The average Bonchev–Trinajstić information content (AvgIpc) is 3.01. The molecule has 1 saturated carbocycles. The molecule has 0 aliphatic heterocycles. The van der Waals surface area contributed by atoms with Gasteiger partial charge in [0.25, 0.3) is 5.89 Å². The summed E-state index contributed by atoms with van der Waals surface area (Å²) in [6.45, 7) is 1.96. The van der Waals surface area contributed by atoms with Crippen molar-refractivity contribution in [3.05, 3.63) is 17.3 Å². The molecular weight excluding hydrogens is 310 g/mol. The minimum Gasteiger partial charge on any atom is -0.333 e. The molecule has 0 spiro atoms. The highest BCUT2D eigenvalue weighted by Gasteiger charge is 2.29. The monoisotopic (exact) mass is 327 g/mol. The van der Waals surface area contributed by atoms with E-state index in [0.717, 1.165) is 25.1 Å². The minimum absolute atomic E-state index is 0.121. The molecule has 8 heteroatoms. The quantitative estimate of drug-likeness (QED) is 0.844. The Labute approximate surface area is 127 Å². The molecule has 1 fully saturated rings. The van der Waals surface area contributed by atoms with Crippen LogP contribution in [0.5, 0.6) is 0 Å². The topological polar surface area (TPSA) is 85.1 Å². The van der Waals surface area contributed by atoms with E-state index < -0.39 is 10.0 Å². The first-order chi connectivity index (χ1) is 10.1. The largest absolute Gasteiger partial charge is 0.333 e. The molecule has 0 radical (unpaired) electrons. The zero-order valence-corrected chi connectivity index (χ0v) is 13.3. The Morgan fingerprint density at radius 2 is 2.29 bits per heavy atom. The lowest BCUT2D eigenvalue weighted by molar-refractivity contribution is 0.423. The highest BCUT2D eigenvalue weighted by molar-refractivity contribution is 7.92. The van der Waals surface area contributed by atoms with E-state index in [1.807, 2.05) is 12.3 Å². The zero-order chi connectivity index (χ0) is 14.9. The molecule has 1 N–H and O–H groups in total. The maximum absolute atomic E-state index is 12.0. The Morgan fingerprint density at radius 1 is 1.48 bits per heavy atom. The van der Waals surface area contributed by atoms with E-state index in [0.29, 0.717) is 28.8 Å². The van der Waals surface area contributed by atoms with Crippen molar-refractivity contribution in [3.63, 3.8) is 0 Å². The van der Waals surface area contributed by atoms with Crippen LogP contribution in [-0.2, 0) is 10.0 Å². The standard InChI is InChI=1S/C13H17N3O3S2/c1-2-3-8-21(17,18)16-10-6-7-20-11(10)13-14-12(15-19-13)9-4-5-9/h6-7,9,16H,2-5,8H2,1H3. The second kappa shape index (κ2) is 5.76. The molecule has 0 atom stereocenters. The number of sulfonamides is 1. The van der Waals surface area contributed by atoms with Gasteiger partial charge < -0.3 is 4.52 Å². The first-order valence-electron chi connectivity index (χ1n) is 7.01. The number of nitrogens with one attached hydrogen (secondary N) is 1. The van der Waals surface area contributed by atoms with Gasteiger partial charge >= 0.3 is 0 Å². The van der Waals surface area contributed by atoms with E-state index in [9.17, 15) is 8.42 Å². The number of unbranched alkanes of at least 4 members (excludes halogenated alkanes) is 1. The number of hydrogen-bond donors (Lipinski definition) is 1. The van der Waals surface area contributed by atoms with Crippen molar-refractivity contribution in [3.8, 4) is 10.8 Å². The molecule has 114 valence electrons. The highest BCUT2D eigenvalue weighted by atomic mass is 32.2. The normalized spacial score (nSPS) is 15.3. The van der Waals surface area contributed by atoms with Crippen molar-refractivity contribution in [2.75, 3.05) is 10.5 Å². The molecular formula is C13H17N3O3S2. The molecule has 0 amide bonds. The maximum Gasteiger partial charge on any atom is 0.270 e. The van der Waals surface area contributed by atoms with Crippen molar-refractivity contribution in [2.45, 2.75) is 38.5 Å². The summed E-state index contributed by atoms with van der Waals surface area (Å²) in [6, 6.07) is 1.73. The van der Waals surface area contributed by atoms with Crippen LogP contribution in [0.15, 0.2) is 16.0 Å². The molecule has 6 nitrogen and oxygen atoms in total. The fraction of sp³-hybridized carbons (Fsp3) is 0.538. The second-order valence-electron chi connectivity index (χ2n) is 5.17. The van der Waals surface area contributed by atoms with Gasteiger partial charge in [-0.1, -0.05) is 18.5 Å². The lowest BCUT2D eigenvalue weighted by Gasteiger charge is -2.06. The van der Waals surface area contributed by atoms with E-state index in [2.05, 4.69) is 14.9 Å². The number of hydrogen-bond acceptors (Lipinski definition) is 6. The molecule has 1 aliphatic carbocycles. The number of nitrogens with zero attached hydrogens (tertiary/aromatic N) is 2. The van der Waals surface area contributed by atoms with Crippen LogP contribution in [0.4, 0.5) is 5.69 Å². The Morgan fingerprint density at radius 3 is 3.00 bits per heavy atom. The van der Waals surface area contributed by atoms with Gasteiger partial charge in [0.2, 0.25) is 10.0 Å². The summed E-state index contributed by atoms with van der Waals surface area (Å²) >= 11 is 1.39. The zero-order valence-electron chi connectivity index (χ0n) is 11.7. The van der Waals surface area contributed by atoms with E-state index >= 15 is 0 Å². The van der Waals surface area contributed by atoms with Crippen LogP contribution in [0, 0.1) is 0 Å². The predicted molar refractivity (Wildman–Crippen MR) is 81.9 cm³/mol. The Bertz CT molecular complexity index is 717. The predicted octanol–water partition coefficient (Wildman–Crippen LogP) is 3.22. The summed E-state index contributed by atoms with van der Waals surface area (Å²) in [5.41, 5.74) is 0.516. The van der Waals surface area contributed by atoms with Gasteiger partial charge in [-0.15, -0.1) is 11.3 Å². The number of rotatable bonds is 7. The fourth-order valence-electron chi connectivity index (χ4n) is 1.94. The molecule has 0 aromatic carbocycles. The van der Waals surface area contributed by atoms with Crippen molar-refractivity contribution >= 4 is 27.0 Å². The highest BCUT2D eigenvalue weighted by Crippen LogP contribution is 2.40. The van der Waals surface area contributed by atoms with Crippen LogP contribution in [-0.4, -0.2) is 24.3 Å². The minimum atomic E-state index is -3.33. The third-order valence-corrected chi connectivity index (χ3v) is 5.54. The molecule has 2 aromatic heterocycles. The van der Waals surface area contributed by atoms with Crippen molar-refractivity contribution < 1.29 is 12.9 Å². The van der Waals surface area contributed by atoms with Crippen LogP contribution < -0.4 is 4.72 Å². The van der Waals surface area contributed by atoms with Gasteiger partial charge in [-0.3, -0.25) is 4.72 Å². The average molecular weight is 327 g/mol. The number of thiophene rings is 1. The van der Waals surface area contributed by atoms with E-state index in [1.165, 1.54) is 11.3 Å². The summed E-state index contributed by atoms with van der Waals surface area (Å²) in [5.74, 6) is 1.64. The molecule has 2 heterocycles. The van der Waals surface area contributed by atoms with Gasteiger partial charge in [-0.2, -0.15) is 4.98 Å². The number of aromatic nitrogens is 2. The van der Waals surface area contributed by atoms with Crippen molar-refractivity contribution in [1.29, 1.82) is 0 Å². The Hall–Kier alpha value is -1.41. The van der Waals surface area contributed by atoms with Crippen molar-refractivity contribution in [1.82, 2.24) is 10.1 Å². The molecule has 2 aromatic rings. The van der Waals surface area contributed by atoms with Crippen molar-refractivity contribution in [2.24, 2.45) is 0 Å². The molecule has 21 heavy (non-hydrogen) atoms. The van der Waals surface area contributed by atoms with E-state index in [1.54, 1.807) is 6.07 Å². The van der Waals surface area contributed by atoms with Crippen LogP contribution >= 0.6 is 11.3 Å². The van der Waals surface area contributed by atoms with E-state index in [-0.39, 0.29) is 5.75 Å². The van der Waals surface area contributed by atoms with Gasteiger partial charge in [-0.05, 0) is 30.7 Å². The SMILES string of the molecule is CCCCS(=O)(=O)Nc1ccsc1-c1nc(C2CC2)no1. The summed E-state index contributed by atoms with van der Waals surface area (Å²) in [7, 11) is -3.33. The molecule has 3 rings (SSSR count). The maximum atomic E-state index is 12.0. The van der Waals surface area contributed by atoms with Crippen LogP contribution in [0.25, 0.3) is 10.8 Å². The summed E-state index contributed by atoms with van der Waals surface area (Å²) in [4.78, 5) is 5.04. The van der Waals surface area contributed by atoms with E-state index in [4.69, 9.17) is 4.52 Å². The third-order valence-electron chi connectivity index (χ3n) is 3.28. The summed E-state index contributed by atoms with van der Waals surface area (Å²) in [6.07, 6.45) is 3.67. The van der Waals surface area contributed by atoms with Gasteiger partial charge in [-0.25, -0.2) is 8.42 Å². The number of anilines is 1. The van der Waals surface area contributed by atoms with Gasteiger partial charge in [0.1, 0.15) is 4.88 Å².